The number of thiophene rings is 1. The maximum Gasteiger partial charge on any atom is 0.389 e. The van der Waals surface area contributed by atoms with E-state index >= 15 is 0 Å². The van der Waals surface area contributed by atoms with Crippen molar-refractivity contribution in [3.05, 3.63) is 22.4 Å². The largest absolute Gasteiger partial charge is 0.389 e. The Bertz CT molecular complexity index is 285. The first-order valence-corrected chi connectivity index (χ1v) is 5.80. The molecule has 1 aromatic rings. The molecule has 0 radical (unpaired) electrons. The van der Waals surface area contributed by atoms with Crippen LogP contribution in [0.5, 0.6) is 0 Å². The highest BCUT2D eigenvalue weighted by Crippen LogP contribution is 2.34. The average molecular weight is 236 g/mol. The fourth-order valence-electron chi connectivity index (χ4n) is 1.52. The van der Waals surface area contributed by atoms with Crippen LogP contribution in [0.15, 0.2) is 17.5 Å². The summed E-state index contributed by atoms with van der Waals surface area (Å²) >= 11 is 1.61. The highest BCUT2D eigenvalue weighted by Gasteiger charge is 2.29. The summed E-state index contributed by atoms with van der Waals surface area (Å²) in [6, 6.07) is 3.92. The summed E-state index contributed by atoms with van der Waals surface area (Å²) in [5, 5.41) is 1.96. The molecule has 1 rings (SSSR count). The van der Waals surface area contributed by atoms with Gasteiger partial charge in [-0.05, 0) is 29.7 Å². The fraction of sp³-hybridized carbons (Fsp3) is 0.636. The van der Waals surface area contributed by atoms with Gasteiger partial charge < -0.3 is 0 Å². The molecular formula is C11H15F3S. The third kappa shape index (κ3) is 4.24. The fourth-order valence-corrected chi connectivity index (χ4v) is 2.40. The van der Waals surface area contributed by atoms with Gasteiger partial charge in [0, 0.05) is 11.3 Å². The van der Waals surface area contributed by atoms with Gasteiger partial charge in [-0.3, -0.25) is 0 Å². The van der Waals surface area contributed by atoms with Crippen molar-refractivity contribution in [3.63, 3.8) is 0 Å². The number of rotatable bonds is 4. The van der Waals surface area contributed by atoms with E-state index in [9.17, 15) is 13.2 Å². The topological polar surface area (TPSA) is 0 Å². The predicted molar refractivity (Wildman–Crippen MR) is 57.3 cm³/mol. The number of halogens is 3. The van der Waals surface area contributed by atoms with Gasteiger partial charge >= 0.3 is 6.18 Å². The summed E-state index contributed by atoms with van der Waals surface area (Å²) in [5.74, 6) is 0. The molecule has 1 heterocycles. The first-order chi connectivity index (χ1) is 6.81. The van der Waals surface area contributed by atoms with Crippen LogP contribution < -0.4 is 0 Å². The van der Waals surface area contributed by atoms with Gasteiger partial charge in [-0.2, -0.15) is 13.2 Å². The first kappa shape index (κ1) is 12.6. The molecule has 1 aromatic heterocycles. The number of alkyl halides is 3. The lowest BCUT2D eigenvalue weighted by Crippen LogP contribution is -2.17. The normalized spacial score (nSPS) is 13.1. The lowest BCUT2D eigenvalue weighted by atomic mass is 9.85. The van der Waals surface area contributed by atoms with Crippen LogP contribution in [0.4, 0.5) is 13.2 Å². The van der Waals surface area contributed by atoms with E-state index in [0.29, 0.717) is 6.42 Å². The lowest BCUT2D eigenvalue weighted by Gasteiger charge is -2.23. The van der Waals surface area contributed by atoms with Crippen LogP contribution in [0.2, 0.25) is 0 Å². The summed E-state index contributed by atoms with van der Waals surface area (Å²) in [6.45, 7) is 3.99. The predicted octanol–water partition coefficient (Wildman–Crippen LogP) is 4.76. The highest BCUT2D eigenvalue weighted by atomic mass is 32.1. The van der Waals surface area contributed by atoms with Gasteiger partial charge in [0.25, 0.3) is 0 Å². The third-order valence-corrected chi connectivity index (χ3v) is 3.69. The molecular weight excluding hydrogens is 221 g/mol. The van der Waals surface area contributed by atoms with E-state index in [4.69, 9.17) is 0 Å². The van der Waals surface area contributed by atoms with E-state index in [0.717, 1.165) is 4.88 Å². The molecule has 0 fully saturated rings. The van der Waals surface area contributed by atoms with Gasteiger partial charge in [0.15, 0.2) is 0 Å². The minimum Gasteiger partial charge on any atom is -0.171 e. The first-order valence-electron chi connectivity index (χ1n) is 4.92. The minimum absolute atomic E-state index is 0.139. The molecule has 0 aliphatic carbocycles. The third-order valence-electron chi connectivity index (χ3n) is 2.45. The van der Waals surface area contributed by atoms with Crippen LogP contribution in [0, 0.1) is 0 Å². The molecule has 0 nitrogen and oxygen atoms in total. The Morgan fingerprint density at radius 2 is 1.87 bits per heavy atom. The SMILES string of the molecule is CC(C)(CCCC(F)(F)F)c1cccs1. The van der Waals surface area contributed by atoms with Crippen LogP contribution in [-0.4, -0.2) is 6.18 Å². The van der Waals surface area contributed by atoms with Crippen molar-refractivity contribution in [1.82, 2.24) is 0 Å². The Kier molecular flexibility index (Phi) is 3.82. The quantitative estimate of drug-likeness (QED) is 0.707. The van der Waals surface area contributed by atoms with Gasteiger partial charge in [-0.1, -0.05) is 19.9 Å². The zero-order valence-electron chi connectivity index (χ0n) is 8.90. The monoisotopic (exact) mass is 236 g/mol. The zero-order valence-corrected chi connectivity index (χ0v) is 9.71. The Balaban J connectivity index is 2.44. The van der Waals surface area contributed by atoms with Crippen LogP contribution in [0.3, 0.4) is 0 Å². The molecule has 0 bridgehead atoms. The maximum atomic E-state index is 12.0. The van der Waals surface area contributed by atoms with Gasteiger partial charge in [-0.15, -0.1) is 11.3 Å². The maximum absolute atomic E-state index is 12.0. The molecule has 0 N–H and O–H groups in total. The molecule has 0 aliphatic heterocycles. The van der Waals surface area contributed by atoms with E-state index in [1.165, 1.54) is 0 Å². The Morgan fingerprint density at radius 1 is 1.20 bits per heavy atom. The molecule has 86 valence electrons. The van der Waals surface area contributed by atoms with E-state index in [1.807, 2.05) is 31.4 Å². The van der Waals surface area contributed by atoms with Crippen LogP contribution >= 0.6 is 11.3 Å². The van der Waals surface area contributed by atoms with Gasteiger partial charge in [0.05, 0.1) is 0 Å². The second-order valence-electron chi connectivity index (χ2n) is 4.33. The number of hydrogen-bond acceptors (Lipinski definition) is 1. The molecule has 0 spiro atoms. The summed E-state index contributed by atoms with van der Waals surface area (Å²) < 4.78 is 35.9. The summed E-state index contributed by atoms with van der Waals surface area (Å²) in [6.07, 6.45) is -3.92. The van der Waals surface area contributed by atoms with Crippen LogP contribution in [0.1, 0.15) is 38.0 Å². The van der Waals surface area contributed by atoms with Gasteiger partial charge in [-0.25, -0.2) is 0 Å². The molecule has 0 saturated carbocycles. The minimum atomic E-state index is -4.02. The van der Waals surface area contributed by atoms with Crippen molar-refractivity contribution in [2.45, 2.75) is 44.7 Å². The van der Waals surface area contributed by atoms with E-state index in [2.05, 4.69) is 0 Å². The standard InChI is InChI=1S/C11H15F3S/c1-10(2,9-5-3-8-15-9)6-4-7-11(12,13)14/h3,5,8H,4,6-7H2,1-2H3. The summed E-state index contributed by atoms with van der Waals surface area (Å²) in [5.41, 5.74) is -0.139. The van der Waals surface area contributed by atoms with E-state index in [1.54, 1.807) is 11.3 Å². The van der Waals surface area contributed by atoms with E-state index in [-0.39, 0.29) is 11.8 Å². The second-order valence-corrected chi connectivity index (χ2v) is 5.28. The Morgan fingerprint density at radius 3 is 2.33 bits per heavy atom. The van der Waals surface area contributed by atoms with Crippen LogP contribution in [0.25, 0.3) is 0 Å². The Labute approximate surface area is 92.1 Å². The van der Waals surface area contributed by atoms with Crippen molar-refractivity contribution in [2.75, 3.05) is 0 Å². The molecule has 0 unspecified atom stereocenters. The molecule has 4 heteroatoms. The summed E-state index contributed by atoms with van der Waals surface area (Å²) in [7, 11) is 0. The smallest absolute Gasteiger partial charge is 0.171 e. The summed E-state index contributed by atoms with van der Waals surface area (Å²) in [4.78, 5) is 1.16. The molecule has 0 aromatic carbocycles. The second kappa shape index (κ2) is 4.56. The lowest BCUT2D eigenvalue weighted by molar-refractivity contribution is -0.136. The van der Waals surface area contributed by atoms with Crippen LogP contribution in [-0.2, 0) is 5.41 Å². The average Bonchev–Trinajstić information content (AvgIpc) is 2.52. The zero-order chi connectivity index (χ0) is 11.5. The molecule has 0 aliphatic rings. The van der Waals surface area contributed by atoms with Crippen molar-refractivity contribution < 1.29 is 13.2 Å². The Hall–Kier alpha value is -0.510. The van der Waals surface area contributed by atoms with E-state index < -0.39 is 12.6 Å². The highest BCUT2D eigenvalue weighted by molar-refractivity contribution is 7.10. The van der Waals surface area contributed by atoms with Gasteiger partial charge in [0.1, 0.15) is 0 Å². The molecule has 15 heavy (non-hydrogen) atoms. The molecule has 0 saturated heterocycles. The van der Waals surface area contributed by atoms with Crippen molar-refractivity contribution in [2.24, 2.45) is 0 Å². The van der Waals surface area contributed by atoms with Crippen molar-refractivity contribution in [3.8, 4) is 0 Å². The van der Waals surface area contributed by atoms with Crippen molar-refractivity contribution >= 4 is 11.3 Å². The molecule has 0 atom stereocenters. The number of hydrogen-bond donors (Lipinski definition) is 0. The molecule has 0 amide bonds. The van der Waals surface area contributed by atoms with Gasteiger partial charge in [0.2, 0.25) is 0 Å². The van der Waals surface area contributed by atoms with Crippen molar-refractivity contribution in [1.29, 1.82) is 0 Å².